The number of nitrogens with zero attached hydrogens (tertiary/aromatic N) is 3. The Morgan fingerprint density at radius 1 is 1.06 bits per heavy atom. The third-order valence-electron chi connectivity index (χ3n) is 5.30. The first-order valence-corrected chi connectivity index (χ1v) is 10.8. The van der Waals surface area contributed by atoms with Crippen LogP contribution in [0, 0.1) is 0 Å². The summed E-state index contributed by atoms with van der Waals surface area (Å²) in [4.78, 5) is 21.5. The van der Waals surface area contributed by atoms with Crippen molar-refractivity contribution in [2.24, 2.45) is 0 Å². The minimum Gasteiger partial charge on any atom is -0.493 e. The molecule has 7 nitrogen and oxygen atoms in total. The minimum absolute atomic E-state index is 0.260. The molecule has 0 aliphatic carbocycles. The number of benzene rings is 2. The Morgan fingerprint density at radius 3 is 2.85 bits per heavy atom. The van der Waals surface area contributed by atoms with Gasteiger partial charge in [0.15, 0.2) is 11.5 Å². The summed E-state index contributed by atoms with van der Waals surface area (Å²) in [5, 5.41) is 3.89. The lowest BCUT2D eigenvalue weighted by atomic mass is 10.1. The second kappa shape index (κ2) is 9.46. The van der Waals surface area contributed by atoms with Gasteiger partial charge in [0.2, 0.25) is 5.91 Å². The van der Waals surface area contributed by atoms with Crippen molar-refractivity contribution in [3.05, 3.63) is 103 Å². The molecular weight excluding hydrogens is 428 g/mol. The van der Waals surface area contributed by atoms with E-state index in [-0.39, 0.29) is 12.5 Å². The van der Waals surface area contributed by atoms with Gasteiger partial charge in [0.05, 0.1) is 18.3 Å². The summed E-state index contributed by atoms with van der Waals surface area (Å²) in [5.41, 5.74) is 3.95. The SMILES string of the molecule is COc1ccc(NC(=O)C=Cc2cccc3cccnc23)cc1OCc1cn2ccccc2n1. The predicted octanol–water partition coefficient (Wildman–Crippen LogP) is 5.12. The molecule has 0 aliphatic heterocycles. The van der Waals surface area contributed by atoms with Gasteiger partial charge in [-0.15, -0.1) is 0 Å². The van der Waals surface area contributed by atoms with Gasteiger partial charge in [0.1, 0.15) is 12.3 Å². The largest absolute Gasteiger partial charge is 0.493 e. The molecule has 2 aromatic carbocycles. The highest BCUT2D eigenvalue weighted by atomic mass is 16.5. The number of rotatable bonds is 7. The number of methoxy groups -OCH3 is 1. The van der Waals surface area contributed by atoms with Gasteiger partial charge in [0, 0.05) is 47.4 Å². The van der Waals surface area contributed by atoms with Crippen LogP contribution in [0.25, 0.3) is 22.6 Å². The van der Waals surface area contributed by atoms with Crippen LogP contribution in [0.4, 0.5) is 5.69 Å². The number of anilines is 1. The smallest absolute Gasteiger partial charge is 0.248 e. The summed E-state index contributed by atoms with van der Waals surface area (Å²) >= 11 is 0. The monoisotopic (exact) mass is 450 g/mol. The average Bonchev–Trinajstić information content (AvgIpc) is 3.29. The fraction of sp³-hybridized carbons (Fsp3) is 0.0741. The van der Waals surface area contributed by atoms with Crippen LogP contribution >= 0.6 is 0 Å². The van der Waals surface area contributed by atoms with Crippen LogP contribution in [0.5, 0.6) is 11.5 Å². The van der Waals surface area contributed by atoms with E-state index in [2.05, 4.69) is 15.3 Å². The second-order valence-electron chi connectivity index (χ2n) is 7.60. The molecule has 1 N–H and O–H groups in total. The van der Waals surface area contributed by atoms with Crippen molar-refractivity contribution < 1.29 is 14.3 Å². The molecule has 0 saturated heterocycles. The van der Waals surface area contributed by atoms with E-state index in [4.69, 9.17) is 9.47 Å². The van der Waals surface area contributed by atoms with Crippen molar-refractivity contribution in [2.75, 3.05) is 12.4 Å². The van der Waals surface area contributed by atoms with Gasteiger partial charge in [-0.3, -0.25) is 9.78 Å². The molecule has 3 aromatic heterocycles. The summed E-state index contributed by atoms with van der Waals surface area (Å²) in [6.45, 7) is 0.267. The number of pyridine rings is 2. The molecule has 0 spiro atoms. The first kappa shape index (κ1) is 21.2. The lowest BCUT2D eigenvalue weighted by molar-refractivity contribution is -0.111. The summed E-state index contributed by atoms with van der Waals surface area (Å²) in [7, 11) is 1.58. The maximum absolute atomic E-state index is 12.6. The number of aromatic nitrogens is 3. The van der Waals surface area contributed by atoms with E-state index in [1.807, 2.05) is 65.3 Å². The zero-order valence-corrected chi connectivity index (χ0v) is 18.5. The Labute approximate surface area is 196 Å². The first-order chi connectivity index (χ1) is 16.7. The second-order valence-corrected chi connectivity index (χ2v) is 7.60. The first-order valence-electron chi connectivity index (χ1n) is 10.8. The molecule has 1 amide bonds. The highest BCUT2D eigenvalue weighted by molar-refractivity contribution is 6.03. The molecule has 7 heteroatoms. The number of para-hydroxylation sites is 1. The minimum atomic E-state index is -0.260. The van der Waals surface area contributed by atoms with Crippen LogP contribution in [0.2, 0.25) is 0 Å². The summed E-state index contributed by atoms with van der Waals surface area (Å²) in [6, 6.07) is 20.8. The van der Waals surface area contributed by atoms with Crippen molar-refractivity contribution in [3.63, 3.8) is 0 Å². The van der Waals surface area contributed by atoms with Crippen molar-refractivity contribution >= 4 is 34.2 Å². The van der Waals surface area contributed by atoms with E-state index >= 15 is 0 Å². The number of fused-ring (bicyclic) bond motifs is 2. The van der Waals surface area contributed by atoms with E-state index in [0.717, 1.165) is 27.8 Å². The van der Waals surface area contributed by atoms with Crippen LogP contribution in [0.1, 0.15) is 11.3 Å². The van der Waals surface area contributed by atoms with Crippen molar-refractivity contribution in [1.82, 2.24) is 14.4 Å². The maximum atomic E-state index is 12.6. The Bertz CT molecular complexity index is 1470. The van der Waals surface area contributed by atoms with Gasteiger partial charge in [-0.05, 0) is 36.4 Å². The van der Waals surface area contributed by atoms with E-state index in [1.54, 1.807) is 37.6 Å². The molecule has 0 bridgehead atoms. The molecule has 5 rings (SSSR count). The standard InChI is InChI=1S/C27H22N4O3/c1-33-23-12-11-21(16-24(23)34-18-22-17-31-15-3-2-9-25(31)29-22)30-26(32)13-10-20-7-4-6-19-8-5-14-28-27(19)20/h2-17H,18H2,1H3,(H,30,32). The van der Waals surface area contributed by atoms with E-state index in [1.165, 1.54) is 6.08 Å². The molecule has 0 saturated carbocycles. The molecule has 3 heterocycles. The summed E-state index contributed by atoms with van der Waals surface area (Å²) < 4.78 is 13.3. The Kier molecular flexibility index (Phi) is 5.90. The zero-order valence-electron chi connectivity index (χ0n) is 18.5. The Hall–Kier alpha value is -4.65. The van der Waals surface area contributed by atoms with E-state index < -0.39 is 0 Å². The van der Waals surface area contributed by atoms with Crippen LogP contribution < -0.4 is 14.8 Å². The lowest BCUT2D eigenvalue weighted by Gasteiger charge is -2.12. The number of carbonyl (C=O) groups excluding carboxylic acids is 1. The van der Waals surface area contributed by atoms with Crippen molar-refractivity contribution in [2.45, 2.75) is 6.61 Å². The zero-order chi connectivity index (χ0) is 23.3. The van der Waals surface area contributed by atoms with Gasteiger partial charge in [-0.1, -0.05) is 30.3 Å². The van der Waals surface area contributed by atoms with E-state index in [9.17, 15) is 4.79 Å². The molecular formula is C27H22N4O3. The maximum Gasteiger partial charge on any atom is 0.248 e. The number of amides is 1. The summed E-state index contributed by atoms with van der Waals surface area (Å²) in [5.74, 6) is 0.822. The Morgan fingerprint density at radius 2 is 1.97 bits per heavy atom. The molecule has 168 valence electrons. The van der Waals surface area contributed by atoms with Gasteiger partial charge in [-0.25, -0.2) is 4.98 Å². The van der Waals surface area contributed by atoms with Crippen LogP contribution in [0.15, 0.2) is 91.4 Å². The number of ether oxygens (including phenoxy) is 2. The average molecular weight is 450 g/mol. The van der Waals surface area contributed by atoms with Crippen molar-refractivity contribution in [3.8, 4) is 11.5 Å². The molecule has 0 unspecified atom stereocenters. The third-order valence-corrected chi connectivity index (χ3v) is 5.30. The van der Waals surface area contributed by atoms with Crippen LogP contribution in [-0.4, -0.2) is 27.4 Å². The lowest BCUT2D eigenvalue weighted by Crippen LogP contribution is -2.08. The highest BCUT2D eigenvalue weighted by Gasteiger charge is 2.09. The molecule has 0 radical (unpaired) electrons. The van der Waals surface area contributed by atoms with E-state index in [0.29, 0.717) is 17.2 Å². The molecule has 0 fully saturated rings. The Balaban J connectivity index is 1.29. The molecule has 0 aliphatic rings. The molecule has 5 aromatic rings. The quantitative estimate of drug-likeness (QED) is 0.348. The van der Waals surface area contributed by atoms with Crippen LogP contribution in [0.3, 0.4) is 0 Å². The molecule has 0 atom stereocenters. The fourth-order valence-corrected chi connectivity index (χ4v) is 3.69. The summed E-state index contributed by atoms with van der Waals surface area (Å²) in [6.07, 6.45) is 8.84. The van der Waals surface area contributed by atoms with Gasteiger partial charge >= 0.3 is 0 Å². The third kappa shape index (κ3) is 4.59. The number of carbonyl (C=O) groups is 1. The highest BCUT2D eigenvalue weighted by Crippen LogP contribution is 2.31. The van der Waals surface area contributed by atoms with Crippen LogP contribution in [-0.2, 0) is 11.4 Å². The number of hydrogen-bond donors (Lipinski definition) is 1. The topological polar surface area (TPSA) is 77.8 Å². The van der Waals surface area contributed by atoms with Gasteiger partial charge in [0.25, 0.3) is 0 Å². The number of imidazole rings is 1. The van der Waals surface area contributed by atoms with Gasteiger partial charge in [-0.2, -0.15) is 0 Å². The van der Waals surface area contributed by atoms with Gasteiger partial charge < -0.3 is 19.2 Å². The van der Waals surface area contributed by atoms with Crippen molar-refractivity contribution in [1.29, 1.82) is 0 Å². The number of nitrogens with one attached hydrogen (secondary N) is 1. The fourth-order valence-electron chi connectivity index (χ4n) is 3.69. The number of hydrogen-bond acceptors (Lipinski definition) is 5. The predicted molar refractivity (Wildman–Crippen MR) is 132 cm³/mol. The molecule has 34 heavy (non-hydrogen) atoms. The normalized spacial score (nSPS) is 11.2.